The zero-order valence-corrected chi connectivity index (χ0v) is 16.8. The number of benzene rings is 1. The Morgan fingerprint density at radius 3 is 2.22 bits per heavy atom. The van der Waals surface area contributed by atoms with Crippen molar-refractivity contribution in [2.45, 2.75) is 51.9 Å². The van der Waals surface area contributed by atoms with E-state index in [1.165, 1.54) is 91.6 Å². The summed E-state index contributed by atoms with van der Waals surface area (Å²) >= 11 is 0. The molecule has 0 aromatic heterocycles. The highest BCUT2D eigenvalue weighted by molar-refractivity contribution is 5.63. The minimum absolute atomic E-state index is 0.695. The van der Waals surface area contributed by atoms with Crippen molar-refractivity contribution >= 4 is 12.2 Å². The van der Waals surface area contributed by atoms with E-state index >= 15 is 0 Å². The van der Waals surface area contributed by atoms with E-state index in [-0.39, 0.29) is 0 Å². The minimum atomic E-state index is 0.695. The average Bonchev–Trinajstić information content (AvgIpc) is 2.72. The lowest BCUT2D eigenvalue weighted by Gasteiger charge is -2.44. The topological polar surface area (TPSA) is 3.24 Å². The van der Waals surface area contributed by atoms with Gasteiger partial charge < -0.3 is 4.90 Å². The fourth-order valence-corrected chi connectivity index (χ4v) is 5.03. The molecule has 0 radical (unpaired) electrons. The predicted molar refractivity (Wildman–Crippen MR) is 117 cm³/mol. The van der Waals surface area contributed by atoms with Gasteiger partial charge in [0.15, 0.2) is 0 Å². The summed E-state index contributed by atoms with van der Waals surface area (Å²) in [6, 6.07) is 8.96. The molecule has 1 aromatic rings. The van der Waals surface area contributed by atoms with E-state index in [4.69, 9.17) is 0 Å². The van der Waals surface area contributed by atoms with Crippen LogP contribution in [-0.2, 0) is 0 Å². The zero-order valence-electron chi connectivity index (χ0n) is 16.8. The maximum atomic E-state index is 4.41. The third-order valence-electron chi connectivity index (χ3n) is 6.88. The van der Waals surface area contributed by atoms with E-state index in [0.29, 0.717) is 11.8 Å². The Hall–Kier alpha value is -2.02. The number of hydrogen-bond donors (Lipinski definition) is 0. The van der Waals surface area contributed by atoms with Gasteiger partial charge in [0.1, 0.15) is 0 Å². The molecule has 4 fully saturated rings. The Bertz CT molecular complexity index is 763. The molecule has 1 nitrogen and oxygen atoms in total. The summed E-state index contributed by atoms with van der Waals surface area (Å²) in [4.78, 5) is 2.51. The molecular weight excluding hydrogens is 326 g/mol. The molecular formula is C26H33N. The normalized spacial score (nSPS) is 23.3. The molecule has 5 rings (SSSR count). The van der Waals surface area contributed by atoms with Crippen molar-refractivity contribution in [3.05, 3.63) is 71.0 Å². The number of hydrogen-bond acceptors (Lipinski definition) is 1. The van der Waals surface area contributed by atoms with E-state index in [1.807, 2.05) is 0 Å². The maximum Gasteiger partial charge on any atom is 0.0401 e. The van der Waals surface area contributed by atoms with E-state index in [9.17, 15) is 0 Å². The van der Waals surface area contributed by atoms with Crippen LogP contribution in [0, 0.1) is 11.8 Å². The Kier molecular flexibility index (Phi) is 5.38. The molecule has 1 heteroatoms. The summed E-state index contributed by atoms with van der Waals surface area (Å²) in [5.41, 5.74) is 7.95. The second-order valence-electron chi connectivity index (χ2n) is 8.67. The van der Waals surface area contributed by atoms with Crippen molar-refractivity contribution in [2.75, 3.05) is 13.1 Å². The van der Waals surface area contributed by atoms with E-state index in [1.54, 1.807) is 0 Å². The van der Waals surface area contributed by atoms with Gasteiger partial charge in [0, 0.05) is 18.8 Å². The first-order valence-corrected chi connectivity index (χ1v) is 10.7. The second kappa shape index (κ2) is 7.92. The van der Waals surface area contributed by atoms with Crippen molar-refractivity contribution in [3.8, 4) is 0 Å². The lowest BCUT2D eigenvalue weighted by atomic mass is 9.81. The predicted octanol–water partition coefficient (Wildman–Crippen LogP) is 6.85. The smallest absolute Gasteiger partial charge is 0.0401 e. The van der Waals surface area contributed by atoms with Crippen molar-refractivity contribution < 1.29 is 0 Å². The molecule has 3 heterocycles. The summed E-state index contributed by atoms with van der Waals surface area (Å²) in [5, 5.41) is 0. The van der Waals surface area contributed by atoms with Gasteiger partial charge in [-0.2, -0.15) is 0 Å². The molecule has 0 spiro atoms. The van der Waals surface area contributed by atoms with Crippen LogP contribution in [0.2, 0.25) is 0 Å². The highest BCUT2D eigenvalue weighted by atomic mass is 15.2. The van der Waals surface area contributed by atoms with Crippen LogP contribution in [0.4, 0.5) is 0 Å². The number of rotatable bonds is 4. The van der Waals surface area contributed by atoms with E-state index < -0.39 is 0 Å². The third kappa shape index (κ3) is 3.98. The van der Waals surface area contributed by atoms with Crippen LogP contribution in [0.25, 0.3) is 12.2 Å². The van der Waals surface area contributed by atoms with Crippen LogP contribution in [0.15, 0.2) is 59.8 Å². The first-order chi connectivity index (χ1) is 13.1. The zero-order chi connectivity index (χ0) is 18.8. The van der Waals surface area contributed by atoms with Gasteiger partial charge in [0.05, 0.1) is 0 Å². The molecule has 4 aliphatic rings. The van der Waals surface area contributed by atoms with Gasteiger partial charge in [-0.1, -0.05) is 62.8 Å². The molecule has 0 amide bonds. The maximum absolute atomic E-state index is 4.41. The SMILES string of the molecule is C=C1/C(=C/c2ccc(/C=C(\C)C(=C)C3CCCCC3)cc2)N2CCC1CC2. The van der Waals surface area contributed by atoms with Gasteiger partial charge in [-0.15, -0.1) is 0 Å². The Balaban J connectivity index is 1.46. The van der Waals surface area contributed by atoms with Crippen molar-refractivity contribution in [3.63, 3.8) is 0 Å². The largest absolute Gasteiger partial charge is 0.371 e. The van der Waals surface area contributed by atoms with Gasteiger partial charge in [0.25, 0.3) is 0 Å². The minimum Gasteiger partial charge on any atom is -0.371 e. The number of allylic oxidation sites excluding steroid dienone is 3. The van der Waals surface area contributed by atoms with Crippen molar-refractivity contribution in [1.82, 2.24) is 4.90 Å². The molecule has 0 N–H and O–H groups in total. The summed E-state index contributed by atoms with van der Waals surface area (Å²) in [5.74, 6) is 1.40. The molecule has 3 saturated heterocycles. The number of fused-ring (bicyclic) bond motifs is 3. The van der Waals surface area contributed by atoms with Crippen molar-refractivity contribution in [1.29, 1.82) is 0 Å². The van der Waals surface area contributed by atoms with Crippen molar-refractivity contribution in [2.24, 2.45) is 11.8 Å². The molecule has 142 valence electrons. The number of nitrogens with zero attached hydrogens (tertiary/aromatic N) is 1. The van der Waals surface area contributed by atoms with Crippen LogP contribution in [-0.4, -0.2) is 18.0 Å². The lowest BCUT2D eigenvalue weighted by Crippen LogP contribution is -2.40. The molecule has 1 saturated carbocycles. The average molecular weight is 360 g/mol. The Labute approximate surface area is 165 Å². The molecule has 1 aromatic carbocycles. The highest BCUT2D eigenvalue weighted by Crippen LogP contribution is 2.39. The Morgan fingerprint density at radius 1 is 0.963 bits per heavy atom. The first kappa shape index (κ1) is 18.3. The number of piperidine rings is 3. The third-order valence-corrected chi connectivity index (χ3v) is 6.88. The molecule has 27 heavy (non-hydrogen) atoms. The lowest BCUT2D eigenvalue weighted by molar-refractivity contribution is 0.209. The fraction of sp³-hybridized carbons (Fsp3) is 0.462. The van der Waals surface area contributed by atoms with Gasteiger partial charge in [-0.25, -0.2) is 0 Å². The summed E-state index contributed by atoms with van der Waals surface area (Å²) < 4.78 is 0. The van der Waals surface area contributed by atoms with Crippen LogP contribution in [0.1, 0.15) is 63.0 Å². The van der Waals surface area contributed by atoms with Gasteiger partial charge in [-0.05, 0) is 78.4 Å². The van der Waals surface area contributed by atoms with Crippen LogP contribution < -0.4 is 0 Å². The highest BCUT2D eigenvalue weighted by Gasteiger charge is 2.31. The quantitative estimate of drug-likeness (QED) is 0.531. The molecule has 0 unspecified atom stereocenters. The molecule has 1 aliphatic carbocycles. The van der Waals surface area contributed by atoms with Gasteiger partial charge >= 0.3 is 0 Å². The van der Waals surface area contributed by atoms with Gasteiger partial charge in [-0.3, -0.25) is 0 Å². The second-order valence-corrected chi connectivity index (χ2v) is 8.67. The standard InChI is InChI=1S/C26H33N/c1-19(20(2)24-7-5-4-6-8-24)17-22-9-11-23(12-10-22)18-26-21(3)25-13-15-27(26)16-14-25/h9-12,17-18,24-25H,2-8,13-16H2,1H3/b19-17+,26-18-. The molecule has 2 bridgehead atoms. The summed E-state index contributed by atoms with van der Waals surface area (Å²) in [6.07, 6.45) is 14.0. The Morgan fingerprint density at radius 2 is 1.59 bits per heavy atom. The summed E-state index contributed by atoms with van der Waals surface area (Å²) in [6.45, 7) is 13.4. The summed E-state index contributed by atoms with van der Waals surface area (Å²) in [7, 11) is 0. The van der Waals surface area contributed by atoms with Crippen LogP contribution >= 0.6 is 0 Å². The van der Waals surface area contributed by atoms with E-state index in [0.717, 1.165) is 0 Å². The molecule has 3 aliphatic heterocycles. The molecule has 0 atom stereocenters. The van der Waals surface area contributed by atoms with Crippen LogP contribution in [0.5, 0.6) is 0 Å². The first-order valence-electron chi connectivity index (χ1n) is 10.7. The van der Waals surface area contributed by atoms with E-state index in [2.05, 4.69) is 61.4 Å². The fourth-order valence-electron chi connectivity index (χ4n) is 5.03. The van der Waals surface area contributed by atoms with Crippen LogP contribution in [0.3, 0.4) is 0 Å². The monoisotopic (exact) mass is 359 g/mol. The van der Waals surface area contributed by atoms with Gasteiger partial charge in [0.2, 0.25) is 0 Å².